The number of carbonyl (C=O) groups is 2. The summed E-state index contributed by atoms with van der Waals surface area (Å²) in [6.07, 6.45) is 3.15. The van der Waals surface area contributed by atoms with Gasteiger partial charge in [-0.15, -0.1) is 0 Å². The molecule has 0 unspecified atom stereocenters. The molecule has 0 saturated carbocycles. The summed E-state index contributed by atoms with van der Waals surface area (Å²) in [6, 6.07) is 0. The molecule has 72 valence electrons. The molecular weight excluding hydrogens is 176 g/mol. The third kappa shape index (κ3) is 4.62. The van der Waals surface area contributed by atoms with Gasteiger partial charge in [0, 0.05) is 5.57 Å². The molecule has 13 heavy (non-hydrogen) atoms. The molecule has 0 aromatic rings. The summed E-state index contributed by atoms with van der Waals surface area (Å²) in [7, 11) is 0. The zero-order valence-corrected chi connectivity index (χ0v) is 6.98. The van der Waals surface area contributed by atoms with E-state index >= 15 is 0 Å². The number of carbonyl (C=O) groups excluding carboxylic acids is 2. The molecule has 0 saturated heterocycles. The smallest absolute Gasteiger partial charge is 0.0845 e. The van der Waals surface area contributed by atoms with E-state index in [1.165, 1.54) is 6.26 Å². The molecule has 0 heterocycles. The Labute approximate surface area is 74.9 Å². The Bertz CT molecular complexity index is 235. The van der Waals surface area contributed by atoms with Crippen LogP contribution in [0.25, 0.3) is 0 Å². The van der Waals surface area contributed by atoms with Crippen molar-refractivity contribution in [2.75, 3.05) is 6.61 Å². The maximum atomic E-state index is 10.1. The Hall–Kier alpha value is -1.78. The average molecular weight is 184 g/mol. The maximum absolute atomic E-state index is 10.1. The number of carboxylic acid groups (broad SMARTS) is 2. The van der Waals surface area contributed by atoms with E-state index in [-0.39, 0.29) is 0 Å². The van der Waals surface area contributed by atoms with Crippen LogP contribution in [0.15, 0.2) is 24.0 Å². The fraction of sp³-hybridized carbons (Fsp3) is 0.250. The van der Waals surface area contributed by atoms with Gasteiger partial charge in [0.15, 0.2) is 0 Å². The summed E-state index contributed by atoms with van der Waals surface area (Å²) in [5, 5.41) is 20.3. The van der Waals surface area contributed by atoms with Crippen LogP contribution in [0, 0.1) is 0 Å². The lowest BCUT2D eigenvalue weighted by atomic mass is 10.2. The number of ether oxygens (including phenoxy) is 1. The van der Waals surface area contributed by atoms with Gasteiger partial charge in [-0.3, -0.25) is 0 Å². The molecule has 0 N–H and O–H groups in total. The number of hydrogen-bond donors (Lipinski definition) is 0. The van der Waals surface area contributed by atoms with E-state index in [4.69, 9.17) is 4.74 Å². The number of allylic oxidation sites excluding steroid dienone is 2. The molecule has 5 heteroatoms. The van der Waals surface area contributed by atoms with Crippen molar-refractivity contribution in [2.24, 2.45) is 0 Å². The van der Waals surface area contributed by atoms with Crippen LogP contribution in [0.5, 0.6) is 0 Å². The molecule has 0 spiro atoms. The van der Waals surface area contributed by atoms with Crippen molar-refractivity contribution < 1.29 is 24.5 Å². The number of hydrogen-bond acceptors (Lipinski definition) is 5. The Morgan fingerprint density at radius 1 is 1.31 bits per heavy atom. The van der Waals surface area contributed by atoms with Crippen molar-refractivity contribution in [2.45, 2.75) is 6.92 Å². The van der Waals surface area contributed by atoms with Crippen LogP contribution >= 0.6 is 0 Å². The molecule has 0 amide bonds. The minimum atomic E-state index is -1.79. The van der Waals surface area contributed by atoms with E-state index in [1.54, 1.807) is 6.92 Å². The molecule has 0 aromatic carbocycles. The lowest BCUT2D eigenvalue weighted by molar-refractivity contribution is -0.312. The predicted molar refractivity (Wildman–Crippen MR) is 38.9 cm³/mol. The fourth-order valence-electron chi connectivity index (χ4n) is 0.507. The summed E-state index contributed by atoms with van der Waals surface area (Å²) in [4.78, 5) is 20.3. The van der Waals surface area contributed by atoms with Gasteiger partial charge in [-0.25, -0.2) is 0 Å². The largest absolute Gasteiger partial charge is 0.545 e. The van der Waals surface area contributed by atoms with Crippen LogP contribution in [0.3, 0.4) is 0 Å². The first-order valence-electron chi connectivity index (χ1n) is 3.50. The maximum Gasteiger partial charge on any atom is 0.0845 e. The van der Waals surface area contributed by atoms with Crippen LogP contribution < -0.4 is 10.2 Å². The molecular formula is C8H8O5-2. The molecule has 0 aromatic heterocycles. The van der Waals surface area contributed by atoms with Crippen LogP contribution in [0.2, 0.25) is 0 Å². The minimum absolute atomic E-state index is 0.413. The van der Waals surface area contributed by atoms with Crippen LogP contribution in [-0.4, -0.2) is 18.5 Å². The quantitative estimate of drug-likeness (QED) is 0.161. The SMILES string of the molecule is CCO/C=C/C=C(C(=O)[O-])C(=O)[O-]. The van der Waals surface area contributed by atoms with Crippen LogP contribution in [-0.2, 0) is 14.3 Å². The van der Waals surface area contributed by atoms with E-state index in [2.05, 4.69) is 0 Å². The highest BCUT2D eigenvalue weighted by Crippen LogP contribution is 1.91. The molecule has 0 fully saturated rings. The van der Waals surface area contributed by atoms with Crippen molar-refractivity contribution in [3.8, 4) is 0 Å². The topological polar surface area (TPSA) is 89.5 Å². The summed E-state index contributed by atoms with van der Waals surface area (Å²) in [6.45, 7) is 2.14. The molecule has 0 radical (unpaired) electrons. The van der Waals surface area contributed by atoms with E-state index in [0.717, 1.165) is 12.2 Å². The predicted octanol–water partition coefficient (Wildman–Crippen LogP) is -2.04. The van der Waals surface area contributed by atoms with E-state index < -0.39 is 17.5 Å². The highest BCUT2D eigenvalue weighted by Gasteiger charge is 1.96. The van der Waals surface area contributed by atoms with Gasteiger partial charge in [-0.05, 0) is 19.1 Å². The monoisotopic (exact) mass is 184 g/mol. The zero-order valence-electron chi connectivity index (χ0n) is 6.98. The van der Waals surface area contributed by atoms with Crippen molar-refractivity contribution in [3.05, 3.63) is 24.0 Å². The molecule has 0 bridgehead atoms. The molecule has 0 aliphatic carbocycles. The first-order valence-corrected chi connectivity index (χ1v) is 3.50. The van der Waals surface area contributed by atoms with Crippen molar-refractivity contribution in [3.63, 3.8) is 0 Å². The fourth-order valence-corrected chi connectivity index (χ4v) is 0.507. The number of carboxylic acids is 2. The van der Waals surface area contributed by atoms with Gasteiger partial charge < -0.3 is 24.5 Å². The lowest BCUT2D eigenvalue weighted by Gasteiger charge is -2.07. The Balaban J connectivity index is 4.38. The van der Waals surface area contributed by atoms with E-state index in [0.29, 0.717) is 6.61 Å². The van der Waals surface area contributed by atoms with E-state index in [9.17, 15) is 19.8 Å². The van der Waals surface area contributed by atoms with Gasteiger partial charge in [-0.1, -0.05) is 0 Å². The highest BCUT2D eigenvalue weighted by atomic mass is 16.5. The average Bonchev–Trinajstić information content (AvgIpc) is 2.02. The summed E-state index contributed by atoms with van der Waals surface area (Å²) >= 11 is 0. The second-order valence-corrected chi connectivity index (χ2v) is 1.94. The Morgan fingerprint density at radius 3 is 2.23 bits per heavy atom. The minimum Gasteiger partial charge on any atom is -0.545 e. The molecule has 0 aliphatic rings. The zero-order chi connectivity index (χ0) is 10.3. The third-order valence-corrected chi connectivity index (χ3v) is 1.04. The molecule has 0 atom stereocenters. The van der Waals surface area contributed by atoms with Crippen LogP contribution in [0.1, 0.15) is 6.92 Å². The first kappa shape index (κ1) is 11.2. The number of rotatable bonds is 5. The second-order valence-electron chi connectivity index (χ2n) is 1.94. The Morgan fingerprint density at radius 2 is 1.85 bits per heavy atom. The number of aliphatic carboxylic acids is 2. The van der Waals surface area contributed by atoms with Gasteiger partial charge in [0.05, 0.1) is 24.8 Å². The molecule has 5 nitrogen and oxygen atoms in total. The van der Waals surface area contributed by atoms with E-state index in [1.807, 2.05) is 0 Å². The van der Waals surface area contributed by atoms with Crippen molar-refractivity contribution in [1.29, 1.82) is 0 Å². The van der Waals surface area contributed by atoms with Crippen molar-refractivity contribution >= 4 is 11.9 Å². The van der Waals surface area contributed by atoms with Gasteiger partial charge in [-0.2, -0.15) is 0 Å². The lowest BCUT2D eigenvalue weighted by Crippen LogP contribution is -2.36. The van der Waals surface area contributed by atoms with Gasteiger partial charge in [0.2, 0.25) is 0 Å². The summed E-state index contributed by atoms with van der Waals surface area (Å²) in [5.74, 6) is -3.58. The van der Waals surface area contributed by atoms with Crippen molar-refractivity contribution in [1.82, 2.24) is 0 Å². The van der Waals surface area contributed by atoms with Gasteiger partial charge in [0.1, 0.15) is 0 Å². The van der Waals surface area contributed by atoms with Gasteiger partial charge >= 0.3 is 0 Å². The second kappa shape index (κ2) is 5.82. The van der Waals surface area contributed by atoms with Crippen LogP contribution in [0.4, 0.5) is 0 Å². The highest BCUT2D eigenvalue weighted by molar-refractivity contribution is 6.10. The standard InChI is InChI=1S/C8H10O5/c1-2-13-5-3-4-6(7(9)10)8(11)12/h3-5H,2H2,1H3,(H,9,10)(H,11,12)/p-2/b5-3+. The normalized spacial score (nSPS) is 9.62. The molecule has 0 rings (SSSR count). The van der Waals surface area contributed by atoms with Gasteiger partial charge in [0.25, 0.3) is 0 Å². The summed E-state index contributed by atoms with van der Waals surface area (Å²) in [5.41, 5.74) is -0.920. The summed E-state index contributed by atoms with van der Waals surface area (Å²) < 4.78 is 4.69. The third-order valence-electron chi connectivity index (χ3n) is 1.04. The molecule has 0 aliphatic heterocycles. The first-order chi connectivity index (χ1) is 6.09. The Kier molecular flexibility index (Phi) is 5.02.